The summed E-state index contributed by atoms with van der Waals surface area (Å²) in [7, 11) is 0. The SMILES string of the molecule is CC1(C)C(NCCc2ccc3ccc(OC4CCC(C(F)(F)F)CC4)c(C(F)(F)F)c3c2)CC1C(=O)O. The van der Waals surface area contributed by atoms with E-state index in [1.165, 1.54) is 18.2 Å². The monoisotopic (exact) mass is 531 g/mol. The van der Waals surface area contributed by atoms with Gasteiger partial charge in [0.05, 0.1) is 17.9 Å². The normalized spacial score (nSPS) is 26.1. The Balaban J connectivity index is 1.48. The zero-order valence-corrected chi connectivity index (χ0v) is 20.7. The van der Waals surface area contributed by atoms with Gasteiger partial charge in [-0.05, 0) is 72.9 Å². The molecule has 10 heteroatoms. The predicted octanol–water partition coefficient (Wildman–Crippen LogP) is 6.99. The van der Waals surface area contributed by atoms with Gasteiger partial charge in [0.15, 0.2) is 0 Å². The Morgan fingerprint density at radius 1 is 1.05 bits per heavy atom. The van der Waals surface area contributed by atoms with Gasteiger partial charge in [-0.2, -0.15) is 26.3 Å². The number of carboxylic acid groups (broad SMARTS) is 1. The summed E-state index contributed by atoms with van der Waals surface area (Å²) in [5, 5.41) is 13.0. The summed E-state index contributed by atoms with van der Waals surface area (Å²) in [6.07, 6.45) is -8.99. The number of aliphatic carboxylic acids is 1. The van der Waals surface area contributed by atoms with Crippen LogP contribution < -0.4 is 10.1 Å². The third-order valence-electron chi connectivity index (χ3n) is 8.13. The van der Waals surface area contributed by atoms with Crippen LogP contribution in [-0.2, 0) is 17.4 Å². The topological polar surface area (TPSA) is 58.6 Å². The molecule has 0 spiro atoms. The maximum absolute atomic E-state index is 14.2. The number of benzene rings is 2. The van der Waals surface area contributed by atoms with E-state index in [-0.39, 0.29) is 42.9 Å². The second-order valence-corrected chi connectivity index (χ2v) is 10.8. The first-order valence-corrected chi connectivity index (χ1v) is 12.5. The summed E-state index contributed by atoms with van der Waals surface area (Å²) in [6.45, 7) is 4.25. The molecule has 2 aliphatic carbocycles. The molecular weight excluding hydrogens is 500 g/mol. The van der Waals surface area contributed by atoms with Gasteiger partial charge in [-0.15, -0.1) is 0 Å². The van der Waals surface area contributed by atoms with E-state index < -0.39 is 47.2 Å². The van der Waals surface area contributed by atoms with Crippen molar-refractivity contribution in [3.8, 4) is 5.75 Å². The molecule has 2 saturated carbocycles. The zero-order chi connectivity index (χ0) is 27.2. The molecule has 0 bridgehead atoms. The van der Waals surface area contributed by atoms with Gasteiger partial charge in [-0.1, -0.05) is 38.1 Å². The fraction of sp³-hybridized carbons (Fsp3) is 0.593. The van der Waals surface area contributed by atoms with Crippen molar-refractivity contribution in [2.45, 2.75) is 76.9 Å². The summed E-state index contributed by atoms with van der Waals surface area (Å²) in [4.78, 5) is 11.3. The molecule has 0 aromatic heterocycles. The minimum atomic E-state index is -4.71. The highest BCUT2D eigenvalue weighted by atomic mass is 19.4. The van der Waals surface area contributed by atoms with Gasteiger partial charge in [0.1, 0.15) is 11.3 Å². The van der Waals surface area contributed by atoms with Crippen molar-refractivity contribution in [2.24, 2.45) is 17.3 Å². The molecule has 4 rings (SSSR count). The first-order valence-electron chi connectivity index (χ1n) is 12.5. The van der Waals surface area contributed by atoms with Crippen molar-refractivity contribution in [1.82, 2.24) is 5.32 Å². The molecule has 0 saturated heterocycles. The molecule has 0 amide bonds. The molecule has 0 radical (unpaired) electrons. The van der Waals surface area contributed by atoms with E-state index in [1.54, 1.807) is 12.1 Å². The minimum Gasteiger partial charge on any atom is -0.490 e. The second-order valence-electron chi connectivity index (χ2n) is 10.8. The van der Waals surface area contributed by atoms with Crippen molar-refractivity contribution < 1.29 is 41.0 Å². The largest absolute Gasteiger partial charge is 0.490 e. The Bertz CT molecular complexity index is 1140. The van der Waals surface area contributed by atoms with E-state index in [0.29, 0.717) is 30.3 Å². The molecular formula is C27H31F6NO3. The average molecular weight is 532 g/mol. The number of ether oxygens (including phenoxy) is 1. The van der Waals surface area contributed by atoms with Crippen molar-refractivity contribution >= 4 is 16.7 Å². The lowest BCUT2D eigenvalue weighted by Crippen LogP contribution is -2.59. The first-order chi connectivity index (χ1) is 17.2. The molecule has 2 aromatic carbocycles. The van der Waals surface area contributed by atoms with Gasteiger partial charge in [0, 0.05) is 6.04 Å². The fourth-order valence-electron chi connectivity index (χ4n) is 5.66. The molecule has 2 aromatic rings. The molecule has 4 nitrogen and oxygen atoms in total. The van der Waals surface area contributed by atoms with Crippen LogP contribution in [0, 0.1) is 17.3 Å². The Kier molecular flexibility index (Phi) is 7.44. The van der Waals surface area contributed by atoms with Gasteiger partial charge in [-0.3, -0.25) is 4.79 Å². The summed E-state index contributed by atoms with van der Waals surface area (Å²) < 4.78 is 87.1. The van der Waals surface area contributed by atoms with Gasteiger partial charge < -0.3 is 15.2 Å². The maximum Gasteiger partial charge on any atom is 0.420 e. The Labute approximate surface area is 211 Å². The van der Waals surface area contributed by atoms with Crippen LogP contribution in [0.15, 0.2) is 30.3 Å². The summed E-state index contributed by atoms with van der Waals surface area (Å²) >= 11 is 0. The highest BCUT2D eigenvalue weighted by molar-refractivity contribution is 5.89. The molecule has 2 unspecified atom stereocenters. The number of nitrogens with one attached hydrogen (secondary N) is 1. The number of alkyl halides is 6. The van der Waals surface area contributed by atoms with Crippen LogP contribution in [0.5, 0.6) is 5.75 Å². The number of hydrogen-bond donors (Lipinski definition) is 2. The van der Waals surface area contributed by atoms with E-state index >= 15 is 0 Å². The van der Waals surface area contributed by atoms with Gasteiger partial charge >= 0.3 is 18.3 Å². The molecule has 2 N–H and O–H groups in total. The van der Waals surface area contributed by atoms with E-state index in [2.05, 4.69) is 5.32 Å². The number of halogens is 6. The van der Waals surface area contributed by atoms with Crippen LogP contribution in [0.4, 0.5) is 26.3 Å². The van der Waals surface area contributed by atoms with E-state index in [1.807, 2.05) is 13.8 Å². The number of rotatable bonds is 7. The molecule has 2 atom stereocenters. The Hall–Kier alpha value is -2.49. The van der Waals surface area contributed by atoms with E-state index in [4.69, 9.17) is 4.74 Å². The Morgan fingerprint density at radius 3 is 2.27 bits per heavy atom. The first kappa shape index (κ1) is 27.5. The lowest BCUT2D eigenvalue weighted by Gasteiger charge is -2.50. The van der Waals surface area contributed by atoms with E-state index in [0.717, 1.165) is 0 Å². The molecule has 2 aliphatic rings. The third kappa shape index (κ3) is 5.84. The summed E-state index contributed by atoms with van der Waals surface area (Å²) in [5.41, 5.74) is -0.646. The summed E-state index contributed by atoms with van der Waals surface area (Å²) in [6, 6.07) is 7.65. The Morgan fingerprint density at radius 2 is 1.70 bits per heavy atom. The maximum atomic E-state index is 14.2. The number of hydrogen-bond acceptors (Lipinski definition) is 3. The van der Waals surface area contributed by atoms with Crippen LogP contribution >= 0.6 is 0 Å². The third-order valence-corrected chi connectivity index (χ3v) is 8.13. The van der Waals surface area contributed by atoms with Gasteiger partial charge in [0.2, 0.25) is 0 Å². The number of fused-ring (bicyclic) bond motifs is 1. The molecule has 0 aliphatic heterocycles. The van der Waals surface area contributed by atoms with E-state index in [9.17, 15) is 36.2 Å². The highest BCUT2D eigenvalue weighted by Crippen LogP contribution is 2.47. The van der Waals surface area contributed by atoms with Gasteiger partial charge in [-0.25, -0.2) is 0 Å². The fourth-order valence-corrected chi connectivity index (χ4v) is 5.66. The minimum absolute atomic E-state index is 0.00670. The number of carbonyl (C=O) groups is 1. The van der Waals surface area contributed by atoms with Gasteiger partial charge in [0.25, 0.3) is 0 Å². The summed E-state index contributed by atoms with van der Waals surface area (Å²) in [5.74, 6) is -3.06. The predicted molar refractivity (Wildman–Crippen MR) is 126 cm³/mol. The molecule has 204 valence electrons. The van der Waals surface area contributed by atoms with Crippen LogP contribution in [0.1, 0.15) is 57.1 Å². The van der Waals surface area contributed by atoms with Crippen molar-refractivity contribution in [3.63, 3.8) is 0 Å². The second kappa shape index (κ2) is 10.0. The van der Waals surface area contributed by atoms with Crippen molar-refractivity contribution in [3.05, 3.63) is 41.5 Å². The van der Waals surface area contributed by atoms with Crippen LogP contribution in [-0.4, -0.2) is 35.9 Å². The standard InChI is InChI=1S/C27H31F6NO3/c1-25(2)20(24(35)36)14-22(25)34-12-11-15-3-4-16-5-10-21(23(19(16)13-15)27(31,32)33)37-18-8-6-17(7-9-18)26(28,29)30/h3-5,10,13,17-18,20,22,34H,6-9,11-12,14H2,1-2H3,(H,35,36). The smallest absolute Gasteiger partial charge is 0.420 e. The highest BCUT2D eigenvalue weighted by Gasteiger charge is 2.51. The average Bonchev–Trinajstić information content (AvgIpc) is 2.79. The van der Waals surface area contributed by atoms with Crippen molar-refractivity contribution in [1.29, 1.82) is 0 Å². The molecule has 37 heavy (non-hydrogen) atoms. The molecule has 0 heterocycles. The van der Waals surface area contributed by atoms with Crippen LogP contribution in [0.3, 0.4) is 0 Å². The molecule has 2 fully saturated rings. The lowest BCUT2D eigenvalue weighted by molar-refractivity contribution is -0.185. The van der Waals surface area contributed by atoms with Crippen LogP contribution in [0.25, 0.3) is 10.8 Å². The van der Waals surface area contributed by atoms with Crippen molar-refractivity contribution in [2.75, 3.05) is 6.54 Å². The lowest BCUT2D eigenvalue weighted by atomic mass is 9.58. The number of carboxylic acids is 1. The quantitative estimate of drug-likeness (QED) is 0.378. The van der Waals surface area contributed by atoms with Crippen LogP contribution in [0.2, 0.25) is 0 Å². The zero-order valence-electron chi connectivity index (χ0n) is 20.7.